The summed E-state index contributed by atoms with van der Waals surface area (Å²) in [6.45, 7) is 6.04. The van der Waals surface area contributed by atoms with Gasteiger partial charge in [-0.15, -0.1) is 0 Å². The van der Waals surface area contributed by atoms with Crippen molar-refractivity contribution in [3.05, 3.63) is 0 Å². The molecule has 12 heavy (non-hydrogen) atoms. The monoisotopic (exact) mass is 190 g/mol. The molecule has 1 saturated heterocycles. The van der Waals surface area contributed by atoms with Crippen LogP contribution in [0.3, 0.4) is 0 Å². The molecule has 0 aromatic rings. The quantitative estimate of drug-likeness (QED) is 0.632. The minimum Gasteiger partial charge on any atom is -0.229 e. The zero-order chi connectivity index (χ0) is 9.35. The van der Waals surface area contributed by atoms with E-state index in [0.717, 1.165) is 12.8 Å². The van der Waals surface area contributed by atoms with E-state index in [4.69, 9.17) is 0 Å². The molecule has 0 aromatic heterocycles. The number of hydrogen-bond donors (Lipinski definition) is 0. The van der Waals surface area contributed by atoms with Gasteiger partial charge in [-0.2, -0.15) is 0 Å². The maximum Gasteiger partial charge on any atom is 0.153 e. The van der Waals surface area contributed by atoms with Gasteiger partial charge in [0, 0.05) is 0 Å². The van der Waals surface area contributed by atoms with Crippen molar-refractivity contribution in [2.45, 2.75) is 38.9 Å². The van der Waals surface area contributed by atoms with Crippen molar-refractivity contribution >= 4 is 9.84 Å². The van der Waals surface area contributed by atoms with E-state index in [9.17, 15) is 8.42 Å². The third kappa shape index (κ3) is 2.00. The Morgan fingerprint density at radius 3 is 2.25 bits per heavy atom. The molecule has 1 fully saturated rings. The highest BCUT2D eigenvalue weighted by molar-refractivity contribution is 7.92. The van der Waals surface area contributed by atoms with E-state index in [1.54, 1.807) is 0 Å². The topological polar surface area (TPSA) is 34.1 Å². The van der Waals surface area contributed by atoms with Crippen LogP contribution in [0, 0.1) is 11.8 Å². The fourth-order valence-electron chi connectivity index (χ4n) is 1.70. The van der Waals surface area contributed by atoms with Crippen LogP contribution in [-0.4, -0.2) is 19.4 Å². The second-order valence-electron chi connectivity index (χ2n) is 4.22. The third-order valence-electron chi connectivity index (χ3n) is 2.95. The summed E-state index contributed by atoms with van der Waals surface area (Å²) in [5.74, 6) is 1.31. The summed E-state index contributed by atoms with van der Waals surface area (Å²) in [6, 6.07) is 0. The molecule has 2 atom stereocenters. The summed E-state index contributed by atoms with van der Waals surface area (Å²) in [5, 5.41) is -0.104. The molecule has 0 bridgehead atoms. The second kappa shape index (κ2) is 3.36. The van der Waals surface area contributed by atoms with Crippen LogP contribution in [0.4, 0.5) is 0 Å². The van der Waals surface area contributed by atoms with Crippen LogP contribution < -0.4 is 0 Å². The van der Waals surface area contributed by atoms with Crippen LogP contribution in [0.2, 0.25) is 0 Å². The highest BCUT2D eigenvalue weighted by Crippen LogP contribution is 2.28. The molecule has 2 nitrogen and oxygen atoms in total. The largest absolute Gasteiger partial charge is 0.229 e. The Morgan fingerprint density at radius 2 is 1.83 bits per heavy atom. The predicted molar refractivity (Wildman–Crippen MR) is 50.8 cm³/mol. The average molecular weight is 190 g/mol. The molecule has 0 radical (unpaired) electrons. The van der Waals surface area contributed by atoms with Crippen molar-refractivity contribution in [2.24, 2.45) is 11.8 Å². The van der Waals surface area contributed by atoms with Crippen LogP contribution in [-0.2, 0) is 9.84 Å². The van der Waals surface area contributed by atoms with Gasteiger partial charge in [0.15, 0.2) is 9.84 Å². The Labute approximate surface area is 75.3 Å². The molecule has 3 heteroatoms. The smallest absolute Gasteiger partial charge is 0.153 e. The molecule has 1 heterocycles. The summed E-state index contributed by atoms with van der Waals surface area (Å²) in [6.07, 6.45) is 1.93. The summed E-state index contributed by atoms with van der Waals surface area (Å²) >= 11 is 0. The first-order valence-corrected chi connectivity index (χ1v) is 6.36. The Morgan fingerprint density at radius 1 is 1.25 bits per heavy atom. The lowest BCUT2D eigenvalue weighted by atomic mass is 9.92. The fraction of sp³-hybridized carbons (Fsp3) is 1.00. The highest BCUT2D eigenvalue weighted by Gasteiger charge is 2.32. The second-order valence-corrected chi connectivity index (χ2v) is 6.69. The van der Waals surface area contributed by atoms with Crippen LogP contribution in [0.15, 0.2) is 0 Å². The third-order valence-corrected chi connectivity index (χ3v) is 5.30. The van der Waals surface area contributed by atoms with Gasteiger partial charge < -0.3 is 0 Å². The van der Waals surface area contributed by atoms with Gasteiger partial charge in [-0.25, -0.2) is 8.42 Å². The normalized spacial score (nSPS) is 35.3. The van der Waals surface area contributed by atoms with E-state index in [-0.39, 0.29) is 5.25 Å². The lowest BCUT2D eigenvalue weighted by Gasteiger charge is -2.28. The van der Waals surface area contributed by atoms with Crippen molar-refractivity contribution in [1.82, 2.24) is 0 Å². The Kier molecular flexibility index (Phi) is 2.81. The minimum atomic E-state index is -2.76. The molecule has 0 amide bonds. The average Bonchev–Trinajstić information content (AvgIpc) is 1.94. The maximum absolute atomic E-state index is 11.5. The minimum absolute atomic E-state index is 0.104. The molecule has 1 unspecified atom stereocenters. The molecule has 1 aliphatic rings. The summed E-state index contributed by atoms with van der Waals surface area (Å²) < 4.78 is 23.0. The number of hydrogen-bond acceptors (Lipinski definition) is 2. The van der Waals surface area contributed by atoms with E-state index in [2.05, 4.69) is 13.8 Å². The lowest BCUT2D eigenvalue weighted by molar-refractivity contribution is 0.363. The van der Waals surface area contributed by atoms with Crippen LogP contribution >= 0.6 is 0 Å². The van der Waals surface area contributed by atoms with Crippen LogP contribution in [0.25, 0.3) is 0 Å². The zero-order valence-corrected chi connectivity index (χ0v) is 8.89. The van der Waals surface area contributed by atoms with Crippen LogP contribution in [0.5, 0.6) is 0 Å². The first-order chi connectivity index (χ1) is 5.43. The Balaban J connectivity index is 2.70. The van der Waals surface area contributed by atoms with Gasteiger partial charge in [-0.3, -0.25) is 0 Å². The lowest BCUT2D eigenvalue weighted by Crippen LogP contribution is -2.33. The molecular formula is C9H18O2S. The van der Waals surface area contributed by atoms with E-state index in [0.29, 0.717) is 17.6 Å². The van der Waals surface area contributed by atoms with Gasteiger partial charge in [0.2, 0.25) is 0 Å². The van der Waals surface area contributed by atoms with Crippen LogP contribution in [0.1, 0.15) is 33.6 Å². The first-order valence-electron chi connectivity index (χ1n) is 4.65. The molecule has 0 spiro atoms. The van der Waals surface area contributed by atoms with Gasteiger partial charge >= 0.3 is 0 Å². The number of sulfone groups is 1. The van der Waals surface area contributed by atoms with Crippen molar-refractivity contribution in [1.29, 1.82) is 0 Å². The Bertz CT molecular complexity index is 241. The summed E-state index contributed by atoms with van der Waals surface area (Å²) in [4.78, 5) is 0. The molecule has 0 aliphatic carbocycles. The number of rotatable bonds is 1. The van der Waals surface area contributed by atoms with E-state index >= 15 is 0 Å². The van der Waals surface area contributed by atoms with Crippen molar-refractivity contribution in [3.63, 3.8) is 0 Å². The molecule has 1 aliphatic heterocycles. The standard InChI is InChI=1S/C9H18O2S/c1-7(2)9-5-4-8(3)12(10,11)6-9/h7-9H,4-6H2,1-3H3/t8-,9?/m1/s1. The van der Waals surface area contributed by atoms with Crippen molar-refractivity contribution < 1.29 is 8.42 Å². The van der Waals surface area contributed by atoms with E-state index in [1.807, 2.05) is 6.92 Å². The maximum atomic E-state index is 11.5. The van der Waals surface area contributed by atoms with Gasteiger partial charge in [-0.1, -0.05) is 13.8 Å². The molecule has 0 N–H and O–H groups in total. The van der Waals surface area contributed by atoms with E-state index < -0.39 is 9.84 Å². The van der Waals surface area contributed by atoms with Gasteiger partial charge in [0.25, 0.3) is 0 Å². The predicted octanol–water partition coefficient (Wildman–Crippen LogP) is 1.86. The van der Waals surface area contributed by atoms with Crippen molar-refractivity contribution in [3.8, 4) is 0 Å². The Hall–Kier alpha value is -0.0500. The molecule has 72 valence electrons. The van der Waals surface area contributed by atoms with Gasteiger partial charge in [0.1, 0.15) is 0 Å². The van der Waals surface area contributed by atoms with Crippen molar-refractivity contribution in [2.75, 3.05) is 5.75 Å². The zero-order valence-electron chi connectivity index (χ0n) is 8.08. The molecule has 0 saturated carbocycles. The van der Waals surface area contributed by atoms with Gasteiger partial charge in [0.05, 0.1) is 11.0 Å². The SMILES string of the molecule is CC(C)C1CC[C@@H](C)S(=O)(=O)C1. The summed E-state index contributed by atoms with van der Waals surface area (Å²) in [5.41, 5.74) is 0. The van der Waals surface area contributed by atoms with E-state index in [1.165, 1.54) is 0 Å². The molecule has 1 rings (SSSR count). The molecule has 0 aromatic carbocycles. The highest BCUT2D eigenvalue weighted by atomic mass is 32.2. The first kappa shape index (κ1) is 10.0. The molecular weight excluding hydrogens is 172 g/mol. The summed E-state index contributed by atoms with van der Waals surface area (Å²) in [7, 11) is -2.76. The fourth-order valence-corrected chi connectivity index (χ4v) is 3.67. The van der Waals surface area contributed by atoms with Gasteiger partial charge in [-0.05, 0) is 31.6 Å².